The van der Waals surface area contributed by atoms with Gasteiger partial charge in [-0.25, -0.2) is 9.07 Å². The lowest BCUT2D eigenvalue weighted by Crippen LogP contribution is -2.11. The zero-order valence-electron chi connectivity index (χ0n) is 8.85. The highest BCUT2D eigenvalue weighted by Gasteiger charge is 2.05. The number of halogens is 1. The third kappa shape index (κ3) is 2.26. The van der Waals surface area contributed by atoms with Gasteiger partial charge in [-0.05, 0) is 23.8 Å². The summed E-state index contributed by atoms with van der Waals surface area (Å²) in [6.45, 7) is 0.465. The van der Waals surface area contributed by atoms with Gasteiger partial charge in [0.15, 0.2) is 0 Å². The Morgan fingerprint density at radius 3 is 3.00 bits per heavy atom. The summed E-state index contributed by atoms with van der Waals surface area (Å²) >= 11 is 0. The fourth-order valence-corrected chi connectivity index (χ4v) is 1.41. The molecule has 0 spiro atoms. The van der Waals surface area contributed by atoms with Crippen LogP contribution in [0.25, 0.3) is 5.69 Å². The van der Waals surface area contributed by atoms with Gasteiger partial charge >= 0.3 is 0 Å². The van der Waals surface area contributed by atoms with E-state index in [0.717, 1.165) is 5.56 Å². The third-order valence-corrected chi connectivity index (χ3v) is 2.18. The Morgan fingerprint density at radius 2 is 2.38 bits per heavy atom. The Balaban J connectivity index is 2.23. The molecule has 0 unspecified atom stereocenters. The van der Waals surface area contributed by atoms with E-state index in [4.69, 9.17) is 4.84 Å². The van der Waals surface area contributed by atoms with Crippen LogP contribution in [0.2, 0.25) is 0 Å². The zero-order valence-corrected chi connectivity index (χ0v) is 8.85. The van der Waals surface area contributed by atoms with Crippen molar-refractivity contribution < 1.29 is 9.23 Å². The molecule has 84 valence electrons. The molecule has 0 fully saturated rings. The lowest BCUT2D eigenvalue weighted by Gasteiger charge is -2.06. The number of hydrogen-bond donors (Lipinski definition) is 1. The maximum atomic E-state index is 13.7. The van der Waals surface area contributed by atoms with E-state index in [1.807, 2.05) is 6.07 Å². The highest BCUT2D eigenvalue weighted by molar-refractivity contribution is 5.35. The number of rotatable bonds is 4. The molecule has 0 aliphatic rings. The Hall–Kier alpha value is -1.72. The van der Waals surface area contributed by atoms with Gasteiger partial charge in [0.1, 0.15) is 11.5 Å². The van der Waals surface area contributed by atoms with Crippen LogP contribution in [0.5, 0.6) is 0 Å². The van der Waals surface area contributed by atoms with Crippen LogP contribution in [0.3, 0.4) is 0 Å². The Morgan fingerprint density at radius 1 is 1.50 bits per heavy atom. The average Bonchev–Trinajstić information content (AvgIpc) is 2.80. The van der Waals surface area contributed by atoms with E-state index in [-0.39, 0.29) is 5.82 Å². The van der Waals surface area contributed by atoms with Crippen molar-refractivity contribution in [2.24, 2.45) is 0 Å². The van der Waals surface area contributed by atoms with Crippen LogP contribution >= 0.6 is 0 Å². The first-order valence-corrected chi connectivity index (χ1v) is 4.85. The molecule has 0 atom stereocenters. The predicted molar refractivity (Wildman–Crippen MR) is 57.4 cm³/mol. The van der Waals surface area contributed by atoms with Gasteiger partial charge in [-0.2, -0.15) is 10.6 Å². The predicted octanol–water partition coefficient (Wildman–Crippen LogP) is 1.66. The van der Waals surface area contributed by atoms with Crippen molar-refractivity contribution in [3.63, 3.8) is 0 Å². The molecule has 0 bridgehead atoms. The molecule has 1 aromatic carbocycles. The van der Waals surface area contributed by atoms with E-state index in [0.29, 0.717) is 12.2 Å². The fraction of sp³-hybridized carbons (Fsp3) is 0.182. The number of nitrogens with one attached hydrogen (secondary N) is 1. The van der Waals surface area contributed by atoms with Crippen molar-refractivity contribution in [2.75, 3.05) is 7.11 Å². The molecule has 5 heteroatoms. The summed E-state index contributed by atoms with van der Waals surface area (Å²) in [4.78, 5) is 4.70. The minimum absolute atomic E-state index is 0.306. The van der Waals surface area contributed by atoms with E-state index < -0.39 is 0 Å². The molecule has 0 radical (unpaired) electrons. The first-order valence-electron chi connectivity index (χ1n) is 4.85. The summed E-state index contributed by atoms with van der Waals surface area (Å²) in [5.41, 5.74) is 3.91. The summed E-state index contributed by atoms with van der Waals surface area (Å²) in [6, 6.07) is 6.73. The van der Waals surface area contributed by atoms with Gasteiger partial charge in [0, 0.05) is 18.9 Å². The molecular formula is C11H12FN3O. The van der Waals surface area contributed by atoms with Gasteiger partial charge < -0.3 is 4.84 Å². The first-order chi connectivity index (χ1) is 7.81. The molecule has 1 aromatic heterocycles. The molecule has 0 saturated heterocycles. The van der Waals surface area contributed by atoms with Crippen LogP contribution in [0.15, 0.2) is 36.7 Å². The van der Waals surface area contributed by atoms with Crippen LogP contribution in [-0.4, -0.2) is 16.9 Å². The fourth-order valence-electron chi connectivity index (χ4n) is 1.41. The number of hydroxylamine groups is 1. The molecule has 1 heterocycles. The topological polar surface area (TPSA) is 39.1 Å². The van der Waals surface area contributed by atoms with Gasteiger partial charge in [-0.3, -0.25) is 0 Å². The summed E-state index contributed by atoms with van der Waals surface area (Å²) in [5.74, 6) is -0.306. The van der Waals surface area contributed by atoms with E-state index in [1.165, 1.54) is 17.9 Å². The van der Waals surface area contributed by atoms with Crippen molar-refractivity contribution >= 4 is 0 Å². The minimum atomic E-state index is -0.306. The van der Waals surface area contributed by atoms with Crippen LogP contribution in [0.1, 0.15) is 5.56 Å². The average molecular weight is 221 g/mol. The molecule has 2 aromatic rings. The maximum absolute atomic E-state index is 13.7. The van der Waals surface area contributed by atoms with Gasteiger partial charge in [0.25, 0.3) is 0 Å². The van der Waals surface area contributed by atoms with Gasteiger partial charge in [0.05, 0.1) is 7.11 Å². The van der Waals surface area contributed by atoms with Crippen LogP contribution in [-0.2, 0) is 11.4 Å². The van der Waals surface area contributed by atoms with Gasteiger partial charge in [-0.15, -0.1) is 0 Å². The highest BCUT2D eigenvalue weighted by Crippen LogP contribution is 2.14. The molecule has 0 aliphatic heterocycles. The van der Waals surface area contributed by atoms with Crippen molar-refractivity contribution in [2.45, 2.75) is 6.54 Å². The Labute approximate surface area is 92.6 Å². The van der Waals surface area contributed by atoms with Crippen LogP contribution < -0.4 is 5.48 Å². The molecular weight excluding hydrogens is 209 g/mol. The summed E-state index contributed by atoms with van der Waals surface area (Å²) in [7, 11) is 1.52. The van der Waals surface area contributed by atoms with Crippen molar-refractivity contribution in [1.82, 2.24) is 15.3 Å². The Kier molecular flexibility index (Phi) is 3.28. The smallest absolute Gasteiger partial charge is 0.149 e. The minimum Gasteiger partial charge on any atom is -0.305 e. The summed E-state index contributed by atoms with van der Waals surface area (Å²) in [6.07, 6.45) is 3.31. The molecule has 4 nitrogen and oxygen atoms in total. The second kappa shape index (κ2) is 4.87. The quantitative estimate of drug-likeness (QED) is 0.798. The number of hydrogen-bond acceptors (Lipinski definition) is 3. The molecule has 2 rings (SSSR count). The van der Waals surface area contributed by atoms with Gasteiger partial charge in [0.2, 0.25) is 0 Å². The van der Waals surface area contributed by atoms with Gasteiger partial charge in [-0.1, -0.05) is 6.07 Å². The molecule has 0 aliphatic carbocycles. The van der Waals surface area contributed by atoms with Crippen molar-refractivity contribution in [1.29, 1.82) is 0 Å². The zero-order chi connectivity index (χ0) is 11.4. The second-order valence-corrected chi connectivity index (χ2v) is 3.26. The first kappa shape index (κ1) is 10.8. The SMILES string of the molecule is CONCc1ccc(-n2cccn2)c(F)c1. The molecule has 1 N–H and O–H groups in total. The molecule has 0 amide bonds. The van der Waals surface area contributed by atoms with E-state index in [1.54, 1.807) is 24.5 Å². The number of benzene rings is 1. The van der Waals surface area contributed by atoms with Crippen LogP contribution in [0.4, 0.5) is 4.39 Å². The number of nitrogens with zero attached hydrogens (tertiary/aromatic N) is 2. The number of aromatic nitrogens is 2. The lowest BCUT2D eigenvalue weighted by molar-refractivity contribution is 0.0866. The maximum Gasteiger partial charge on any atom is 0.149 e. The lowest BCUT2D eigenvalue weighted by atomic mass is 10.2. The van der Waals surface area contributed by atoms with Crippen LogP contribution in [0, 0.1) is 5.82 Å². The normalized spacial score (nSPS) is 10.6. The summed E-state index contributed by atoms with van der Waals surface area (Å²) < 4.78 is 15.2. The molecule has 0 saturated carbocycles. The van der Waals surface area contributed by atoms with E-state index >= 15 is 0 Å². The van der Waals surface area contributed by atoms with E-state index in [9.17, 15) is 4.39 Å². The largest absolute Gasteiger partial charge is 0.305 e. The molecule has 16 heavy (non-hydrogen) atoms. The second-order valence-electron chi connectivity index (χ2n) is 3.26. The Bertz CT molecular complexity index is 456. The summed E-state index contributed by atoms with van der Waals surface area (Å²) in [5, 5.41) is 3.98. The third-order valence-electron chi connectivity index (χ3n) is 2.18. The van der Waals surface area contributed by atoms with Crippen molar-refractivity contribution in [3.8, 4) is 5.69 Å². The van der Waals surface area contributed by atoms with Crippen molar-refractivity contribution in [3.05, 3.63) is 48.0 Å². The highest BCUT2D eigenvalue weighted by atomic mass is 19.1. The van der Waals surface area contributed by atoms with E-state index in [2.05, 4.69) is 10.6 Å². The standard InChI is InChI=1S/C11H12FN3O/c1-16-14-8-9-3-4-11(10(12)7-9)15-6-2-5-13-15/h2-7,14H,8H2,1H3. The monoisotopic (exact) mass is 221 g/mol.